The van der Waals surface area contributed by atoms with E-state index in [-0.39, 0.29) is 23.5 Å². The number of rotatable bonds is 4. The number of carbonyl (C=O) groups is 1. The molecule has 2 aliphatic rings. The normalized spacial score (nSPS) is 22.7. The number of aromatic amines is 1. The second kappa shape index (κ2) is 7.32. The monoisotopic (exact) mass is 389 g/mol. The summed E-state index contributed by atoms with van der Waals surface area (Å²) in [5.74, 6) is 0.0302. The van der Waals surface area contributed by atoms with Crippen LogP contribution in [0.5, 0.6) is 0 Å². The number of nitrogens with one attached hydrogen (secondary N) is 3. The van der Waals surface area contributed by atoms with Crippen molar-refractivity contribution in [2.45, 2.75) is 36.8 Å². The Morgan fingerprint density at radius 3 is 2.72 bits per heavy atom. The topological polar surface area (TPSA) is 66.1 Å². The van der Waals surface area contributed by atoms with Gasteiger partial charge in [-0.2, -0.15) is 0 Å². The van der Waals surface area contributed by atoms with Crippen molar-refractivity contribution in [2.75, 3.05) is 20.2 Å². The predicted molar refractivity (Wildman–Crippen MR) is 114 cm³/mol. The smallest absolute Gasteiger partial charge is 0.225 e. The van der Waals surface area contributed by atoms with Crippen LogP contribution in [0, 0.1) is 0 Å². The molecule has 1 amide bonds. The van der Waals surface area contributed by atoms with Gasteiger partial charge in [0.15, 0.2) is 0 Å². The van der Waals surface area contributed by atoms with Gasteiger partial charge in [-0.05, 0) is 48.7 Å². The van der Waals surface area contributed by atoms with Gasteiger partial charge in [-0.25, -0.2) is 0 Å². The molecule has 0 saturated carbocycles. The fourth-order valence-electron chi connectivity index (χ4n) is 5.47. The van der Waals surface area contributed by atoms with E-state index in [1.165, 1.54) is 11.1 Å². The highest BCUT2D eigenvalue weighted by molar-refractivity contribution is 5.89. The van der Waals surface area contributed by atoms with Crippen LogP contribution in [-0.4, -0.2) is 37.2 Å². The lowest BCUT2D eigenvalue weighted by Crippen LogP contribution is -2.49. The maximum atomic E-state index is 13.1. The number of piperidine rings is 1. The van der Waals surface area contributed by atoms with E-state index in [4.69, 9.17) is 4.74 Å². The second-order valence-electron chi connectivity index (χ2n) is 8.23. The number of amides is 1. The molecule has 3 aromatic rings. The van der Waals surface area contributed by atoms with Crippen LogP contribution < -0.4 is 10.6 Å². The standard InChI is InChI=1S/C24H27N3O2/c1-29-23-22(18-7-2-4-8-19(18)24(23)10-12-25-13-11-24)27-21(28)14-16-15-26-20-9-5-3-6-17(16)20/h2-9,15,22-23,25-26H,10-14H2,1H3,(H,27,28)/t22-,23+/m1/s1. The maximum absolute atomic E-state index is 13.1. The van der Waals surface area contributed by atoms with Crippen LogP contribution >= 0.6 is 0 Å². The molecule has 1 saturated heterocycles. The molecule has 1 spiro atoms. The molecule has 150 valence electrons. The van der Waals surface area contributed by atoms with Crippen molar-refractivity contribution in [2.24, 2.45) is 0 Å². The molecule has 5 heteroatoms. The van der Waals surface area contributed by atoms with E-state index in [1.54, 1.807) is 7.11 Å². The van der Waals surface area contributed by atoms with E-state index in [9.17, 15) is 4.79 Å². The highest BCUT2D eigenvalue weighted by Gasteiger charge is 2.53. The summed E-state index contributed by atoms with van der Waals surface area (Å²) in [4.78, 5) is 16.3. The van der Waals surface area contributed by atoms with Crippen LogP contribution in [0.2, 0.25) is 0 Å². The number of fused-ring (bicyclic) bond motifs is 3. The Morgan fingerprint density at radius 1 is 1.14 bits per heavy atom. The molecule has 2 aromatic carbocycles. The molecule has 2 heterocycles. The highest BCUT2D eigenvalue weighted by atomic mass is 16.5. The van der Waals surface area contributed by atoms with Crippen LogP contribution in [0.1, 0.15) is 35.6 Å². The van der Waals surface area contributed by atoms with Gasteiger partial charge in [0, 0.05) is 29.6 Å². The van der Waals surface area contributed by atoms with Crippen molar-refractivity contribution in [1.82, 2.24) is 15.6 Å². The van der Waals surface area contributed by atoms with Gasteiger partial charge in [-0.3, -0.25) is 4.79 Å². The van der Waals surface area contributed by atoms with E-state index in [1.807, 2.05) is 24.4 Å². The number of hydrogen-bond acceptors (Lipinski definition) is 3. The van der Waals surface area contributed by atoms with Crippen molar-refractivity contribution in [3.05, 3.63) is 71.4 Å². The fraction of sp³-hybridized carbons (Fsp3) is 0.375. The van der Waals surface area contributed by atoms with E-state index in [0.29, 0.717) is 6.42 Å². The Morgan fingerprint density at radius 2 is 1.90 bits per heavy atom. The lowest BCUT2D eigenvalue weighted by molar-refractivity contribution is -0.122. The lowest BCUT2D eigenvalue weighted by Gasteiger charge is -2.40. The molecule has 0 unspecified atom stereocenters. The lowest BCUT2D eigenvalue weighted by atomic mass is 9.72. The highest BCUT2D eigenvalue weighted by Crippen LogP contribution is 2.51. The van der Waals surface area contributed by atoms with Gasteiger partial charge in [0.25, 0.3) is 0 Å². The molecule has 5 rings (SSSR count). The summed E-state index contributed by atoms with van der Waals surface area (Å²) >= 11 is 0. The van der Waals surface area contributed by atoms with Gasteiger partial charge in [-0.1, -0.05) is 42.5 Å². The molecule has 0 bridgehead atoms. The first kappa shape index (κ1) is 18.4. The number of hydrogen-bond donors (Lipinski definition) is 3. The summed E-state index contributed by atoms with van der Waals surface area (Å²) in [5.41, 5.74) is 4.59. The van der Waals surface area contributed by atoms with Gasteiger partial charge in [0.1, 0.15) is 0 Å². The first-order valence-corrected chi connectivity index (χ1v) is 10.4. The Hall–Kier alpha value is -2.63. The first-order valence-electron chi connectivity index (χ1n) is 10.4. The van der Waals surface area contributed by atoms with Crippen molar-refractivity contribution < 1.29 is 9.53 Å². The molecule has 3 N–H and O–H groups in total. The molecule has 1 aliphatic heterocycles. The third-order valence-corrected chi connectivity index (χ3v) is 6.77. The predicted octanol–water partition coefficient (Wildman–Crippen LogP) is 3.22. The van der Waals surface area contributed by atoms with Gasteiger partial charge in [0.05, 0.1) is 18.6 Å². The van der Waals surface area contributed by atoms with Crippen LogP contribution in [0.25, 0.3) is 10.9 Å². The molecule has 1 fully saturated rings. The van der Waals surface area contributed by atoms with Crippen molar-refractivity contribution >= 4 is 16.8 Å². The zero-order chi connectivity index (χ0) is 19.8. The van der Waals surface area contributed by atoms with Gasteiger partial charge >= 0.3 is 0 Å². The van der Waals surface area contributed by atoms with Gasteiger partial charge < -0.3 is 20.4 Å². The largest absolute Gasteiger partial charge is 0.378 e. The van der Waals surface area contributed by atoms with Crippen molar-refractivity contribution in [3.63, 3.8) is 0 Å². The van der Waals surface area contributed by atoms with Crippen molar-refractivity contribution in [3.8, 4) is 0 Å². The average Bonchev–Trinajstić information content (AvgIpc) is 3.27. The molecule has 1 aliphatic carbocycles. The third kappa shape index (κ3) is 2.96. The summed E-state index contributed by atoms with van der Waals surface area (Å²) in [6, 6.07) is 16.5. The molecular weight excluding hydrogens is 362 g/mol. The summed E-state index contributed by atoms with van der Waals surface area (Å²) in [5, 5.41) is 7.88. The molecule has 1 aromatic heterocycles. The molecule has 0 radical (unpaired) electrons. The molecule has 5 nitrogen and oxygen atoms in total. The van der Waals surface area contributed by atoms with Crippen LogP contribution in [-0.2, 0) is 21.4 Å². The van der Waals surface area contributed by atoms with E-state index >= 15 is 0 Å². The quantitative estimate of drug-likeness (QED) is 0.642. The number of ether oxygens (including phenoxy) is 1. The minimum absolute atomic E-state index is 0.0302. The Kier molecular flexibility index (Phi) is 4.64. The van der Waals surface area contributed by atoms with Crippen molar-refractivity contribution in [1.29, 1.82) is 0 Å². The van der Waals surface area contributed by atoms with Crippen LogP contribution in [0.3, 0.4) is 0 Å². The molecular formula is C24H27N3O2. The number of benzene rings is 2. The minimum atomic E-state index is -0.119. The van der Waals surface area contributed by atoms with Crippen LogP contribution in [0.15, 0.2) is 54.7 Å². The average molecular weight is 389 g/mol. The van der Waals surface area contributed by atoms with Crippen LogP contribution in [0.4, 0.5) is 0 Å². The fourth-order valence-corrected chi connectivity index (χ4v) is 5.47. The number of H-pyrrole nitrogens is 1. The summed E-state index contributed by atoms with van der Waals surface area (Å²) in [7, 11) is 1.78. The molecule has 2 atom stereocenters. The number of carbonyl (C=O) groups excluding carboxylic acids is 1. The SMILES string of the molecule is CO[C@H]1[C@H](NC(=O)Cc2c[nH]c3ccccc23)c2ccccc2C12CCNCC2. The van der Waals surface area contributed by atoms with E-state index in [0.717, 1.165) is 42.4 Å². The minimum Gasteiger partial charge on any atom is -0.378 e. The third-order valence-electron chi connectivity index (χ3n) is 6.77. The number of aromatic nitrogens is 1. The Balaban J connectivity index is 1.43. The first-order chi connectivity index (χ1) is 14.2. The second-order valence-corrected chi connectivity index (χ2v) is 8.23. The molecule has 29 heavy (non-hydrogen) atoms. The summed E-state index contributed by atoms with van der Waals surface area (Å²) in [6.45, 7) is 1.95. The zero-order valence-corrected chi connectivity index (χ0v) is 16.7. The van der Waals surface area contributed by atoms with Gasteiger partial charge in [-0.15, -0.1) is 0 Å². The van der Waals surface area contributed by atoms with Gasteiger partial charge in [0.2, 0.25) is 5.91 Å². The Labute approximate surface area is 170 Å². The Bertz CT molecular complexity index is 1040. The summed E-state index contributed by atoms with van der Waals surface area (Å²) in [6.07, 6.45) is 4.30. The number of para-hydroxylation sites is 1. The summed E-state index contributed by atoms with van der Waals surface area (Å²) < 4.78 is 6.06. The number of methoxy groups -OCH3 is 1. The maximum Gasteiger partial charge on any atom is 0.225 e. The zero-order valence-electron chi connectivity index (χ0n) is 16.7. The van der Waals surface area contributed by atoms with E-state index in [2.05, 4.69) is 45.9 Å². The van der Waals surface area contributed by atoms with E-state index < -0.39 is 0 Å².